The van der Waals surface area contributed by atoms with Crippen LogP contribution in [0.3, 0.4) is 0 Å². The molecule has 0 unspecified atom stereocenters. The molecule has 3 aromatic carbocycles. The molecule has 0 atom stereocenters. The summed E-state index contributed by atoms with van der Waals surface area (Å²) in [6.07, 6.45) is 2.55. The number of hydrogen-bond donors (Lipinski definition) is 0. The molecule has 31 heavy (non-hydrogen) atoms. The van der Waals surface area contributed by atoms with Gasteiger partial charge in [0, 0.05) is 22.2 Å². The van der Waals surface area contributed by atoms with Crippen LogP contribution in [0.1, 0.15) is 26.6 Å². The maximum absolute atomic E-state index is 8.17. The van der Waals surface area contributed by atoms with Crippen molar-refractivity contribution in [2.75, 3.05) is 0 Å². The Morgan fingerprint density at radius 3 is 2.61 bits per heavy atom. The topological polar surface area (TPSA) is 21.7 Å². The van der Waals surface area contributed by atoms with Crippen molar-refractivity contribution in [2.45, 2.75) is 20.2 Å². The van der Waals surface area contributed by atoms with Crippen molar-refractivity contribution in [1.29, 1.82) is 0 Å². The number of hydrogen-bond acceptors (Lipinski definition) is 1. The van der Waals surface area contributed by atoms with Crippen LogP contribution in [-0.4, -0.2) is 9.55 Å². The SMILES string of the molecule is [2H]C([2H])([2H])c1c[n+](C)c(-c2c(C)ccc3c2-n2c(nc4ccccc42)C3)cc1-c1ccccc1. The molecule has 5 aromatic rings. The number of nitrogens with zero attached hydrogens (tertiary/aromatic N) is 3. The van der Waals surface area contributed by atoms with Gasteiger partial charge in [0.1, 0.15) is 12.9 Å². The van der Waals surface area contributed by atoms with Crippen molar-refractivity contribution >= 4 is 11.0 Å². The monoisotopic (exact) mass is 405 g/mol. The molecule has 0 radical (unpaired) electrons. The Hall–Kier alpha value is -3.72. The lowest BCUT2D eigenvalue weighted by Crippen LogP contribution is -2.32. The molecule has 0 spiro atoms. The summed E-state index contributed by atoms with van der Waals surface area (Å²) in [7, 11) is 1.93. The Bertz CT molecular complexity index is 1580. The first-order chi connectivity index (χ1) is 16.3. The largest absolute Gasteiger partial charge is 0.295 e. The quantitative estimate of drug-likeness (QED) is 0.338. The van der Waals surface area contributed by atoms with E-state index in [9.17, 15) is 0 Å². The van der Waals surface area contributed by atoms with Crippen molar-refractivity contribution in [3.05, 3.63) is 102 Å². The summed E-state index contributed by atoms with van der Waals surface area (Å²) in [5.74, 6) is 1.04. The molecular weight excluding hydrogens is 378 g/mol. The molecule has 0 fully saturated rings. The Morgan fingerprint density at radius 2 is 1.77 bits per heavy atom. The van der Waals surface area contributed by atoms with Gasteiger partial charge in [-0.1, -0.05) is 54.6 Å². The van der Waals surface area contributed by atoms with Crippen LogP contribution in [0.25, 0.3) is 39.1 Å². The zero-order valence-corrected chi connectivity index (χ0v) is 17.6. The second kappa shape index (κ2) is 6.64. The lowest BCUT2D eigenvalue weighted by atomic mass is 9.94. The molecule has 0 aliphatic carbocycles. The lowest BCUT2D eigenvalue weighted by molar-refractivity contribution is -0.660. The number of imidazole rings is 1. The van der Waals surface area contributed by atoms with E-state index in [0.29, 0.717) is 5.56 Å². The second-order valence-corrected chi connectivity index (χ2v) is 8.26. The van der Waals surface area contributed by atoms with Crippen LogP contribution in [0, 0.1) is 13.8 Å². The zero-order chi connectivity index (χ0) is 23.6. The van der Waals surface area contributed by atoms with Gasteiger partial charge in [0.2, 0.25) is 5.69 Å². The van der Waals surface area contributed by atoms with Crippen LogP contribution in [0.2, 0.25) is 0 Å². The number of aromatic nitrogens is 3. The zero-order valence-electron chi connectivity index (χ0n) is 20.6. The van der Waals surface area contributed by atoms with Crippen LogP contribution >= 0.6 is 0 Å². The van der Waals surface area contributed by atoms with Gasteiger partial charge in [-0.2, -0.15) is 0 Å². The van der Waals surface area contributed by atoms with Gasteiger partial charge < -0.3 is 0 Å². The van der Waals surface area contributed by atoms with Gasteiger partial charge in [-0.15, -0.1) is 0 Å². The molecule has 0 bridgehead atoms. The fraction of sp³-hybridized carbons (Fsp3) is 0.143. The van der Waals surface area contributed by atoms with Gasteiger partial charge >= 0.3 is 0 Å². The summed E-state index contributed by atoms with van der Waals surface area (Å²) in [6.45, 7) is -0.102. The Kier molecular flexibility index (Phi) is 3.24. The molecule has 0 saturated heterocycles. The highest BCUT2D eigenvalue weighted by Gasteiger charge is 2.29. The van der Waals surface area contributed by atoms with E-state index in [4.69, 9.17) is 9.10 Å². The first-order valence-corrected chi connectivity index (χ1v) is 10.5. The summed E-state index contributed by atoms with van der Waals surface area (Å²) < 4.78 is 28.7. The smallest absolute Gasteiger partial charge is 0.215 e. The molecule has 2 aromatic heterocycles. The van der Waals surface area contributed by atoms with E-state index < -0.39 is 6.85 Å². The highest BCUT2D eigenvalue weighted by atomic mass is 15.1. The van der Waals surface area contributed by atoms with Gasteiger partial charge in [0.15, 0.2) is 6.20 Å². The molecule has 1 aliphatic rings. The minimum Gasteiger partial charge on any atom is -0.295 e. The first kappa shape index (κ1) is 15.1. The van der Waals surface area contributed by atoms with E-state index in [-0.39, 0.29) is 0 Å². The van der Waals surface area contributed by atoms with Crippen LogP contribution in [0.5, 0.6) is 0 Å². The highest BCUT2D eigenvalue weighted by molar-refractivity contribution is 5.86. The third-order valence-corrected chi connectivity index (χ3v) is 6.29. The number of para-hydroxylation sites is 2. The van der Waals surface area contributed by atoms with Crippen LogP contribution in [-0.2, 0) is 13.5 Å². The van der Waals surface area contributed by atoms with E-state index in [1.54, 1.807) is 6.20 Å². The van der Waals surface area contributed by atoms with E-state index >= 15 is 0 Å². The summed E-state index contributed by atoms with van der Waals surface area (Å²) in [5, 5.41) is 0. The standard InChI is InChI=1S/C28H24N3/c1-18-13-14-21-15-26-29-23-11-7-8-12-24(23)31(26)28(21)27(18)25-16-22(19(2)17-30(25)3)20-9-5-4-6-10-20/h4-14,16-17H,15H2,1-3H3/q+1/i2D3. The van der Waals surface area contributed by atoms with Crippen LogP contribution < -0.4 is 4.57 Å². The van der Waals surface area contributed by atoms with Gasteiger partial charge in [-0.3, -0.25) is 4.57 Å². The fourth-order valence-corrected chi connectivity index (χ4v) is 4.82. The van der Waals surface area contributed by atoms with E-state index in [0.717, 1.165) is 56.9 Å². The lowest BCUT2D eigenvalue weighted by Gasteiger charge is -2.15. The Labute approximate surface area is 186 Å². The van der Waals surface area contributed by atoms with Crippen molar-refractivity contribution in [1.82, 2.24) is 9.55 Å². The predicted molar refractivity (Wildman–Crippen MR) is 125 cm³/mol. The van der Waals surface area contributed by atoms with Crippen molar-refractivity contribution in [3.63, 3.8) is 0 Å². The van der Waals surface area contributed by atoms with Crippen LogP contribution in [0.4, 0.5) is 0 Å². The molecule has 1 aliphatic heterocycles. The molecule has 3 nitrogen and oxygen atoms in total. The van der Waals surface area contributed by atoms with E-state index in [1.165, 1.54) is 5.56 Å². The van der Waals surface area contributed by atoms with E-state index in [2.05, 4.69) is 35.8 Å². The molecule has 0 N–H and O–H groups in total. The van der Waals surface area contributed by atoms with Crippen molar-refractivity contribution < 1.29 is 8.68 Å². The summed E-state index contributed by atoms with van der Waals surface area (Å²) in [6, 6.07) is 24.4. The first-order valence-electron chi connectivity index (χ1n) is 12.0. The number of benzene rings is 3. The summed E-state index contributed by atoms with van der Waals surface area (Å²) >= 11 is 0. The van der Waals surface area contributed by atoms with Gasteiger partial charge in [-0.25, -0.2) is 9.55 Å². The van der Waals surface area contributed by atoms with Gasteiger partial charge in [0.05, 0.1) is 22.3 Å². The summed E-state index contributed by atoms with van der Waals surface area (Å²) in [5.41, 5.74) is 9.66. The fourth-order valence-electron chi connectivity index (χ4n) is 4.82. The maximum atomic E-state index is 8.17. The number of rotatable bonds is 2. The molecule has 6 rings (SSSR count). The highest BCUT2D eigenvalue weighted by Crippen LogP contribution is 2.40. The van der Waals surface area contributed by atoms with E-state index in [1.807, 2.05) is 60.1 Å². The molecule has 0 amide bonds. The van der Waals surface area contributed by atoms with Crippen LogP contribution in [0.15, 0.2) is 79.0 Å². The predicted octanol–water partition coefficient (Wildman–Crippen LogP) is 5.71. The number of pyridine rings is 1. The Balaban J connectivity index is 1.67. The number of fused-ring (bicyclic) bond motifs is 5. The Morgan fingerprint density at radius 1 is 0.968 bits per heavy atom. The van der Waals surface area contributed by atoms with Gasteiger partial charge in [0.25, 0.3) is 0 Å². The number of aryl methyl sites for hydroxylation is 3. The normalized spacial score (nSPS) is 14.1. The second-order valence-electron chi connectivity index (χ2n) is 8.26. The minimum atomic E-state index is -2.22. The van der Waals surface area contributed by atoms with Crippen molar-refractivity contribution in [3.8, 4) is 28.1 Å². The third kappa shape index (κ3) is 2.66. The molecule has 3 heteroatoms. The maximum Gasteiger partial charge on any atom is 0.215 e. The average Bonchev–Trinajstić information content (AvgIpc) is 3.35. The molecule has 0 saturated carbocycles. The molecular formula is C28H24N3+. The third-order valence-electron chi connectivity index (χ3n) is 6.29. The van der Waals surface area contributed by atoms with Gasteiger partial charge in [-0.05, 0) is 48.2 Å². The average molecular weight is 406 g/mol. The minimum absolute atomic E-state index is 0.351. The molecule has 3 heterocycles. The molecule has 150 valence electrons. The summed E-state index contributed by atoms with van der Waals surface area (Å²) in [4.78, 5) is 4.89. The van der Waals surface area contributed by atoms with Crippen molar-refractivity contribution in [2.24, 2.45) is 7.05 Å².